The Morgan fingerprint density at radius 2 is 1.92 bits per heavy atom. The molecule has 1 aromatic heterocycles. The van der Waals surface area contributed by atoms with E-state index in [4.69, 9.17) is 4.74 Å². The van der Waals surface area contributed by atoms with Gasteiger partial charge in [0, 0.05) is 43.2 Å². The molecule has 1 fully saturated rings. The number of aliphatic hydroxyl groups excluding tert-OH is 1. The van der Waals surface area contributed by atoms with Crippen LogP contribution in [0.1, 0.15) is 37.4 Å². The van der Waals surface area contributed by atoms with Gasteiger partial charge < -0.3 is 19.3 Å². The van der Waals surface area contributed by atoms with Gasteiger partial charge in [0.2, 0.25) is 0 Å². The third-order valence-electron chi connectivity index (χ3n) is 5.81. The third-order valence-corrected chi connectivity index (χ3v) is 5.81. The molecule has 10 nitrogen and oxygen atoms in total. The summed E-state index contributed by atoms with van der Waals surface area (Å²) in [4.78, 5) is 42.5. The maximum atomic E-state index is 13.2. The van der Waals surface area contributed by atoms with Gasteiger partial charge in [0.25, 0.3) is 17.4 Å². The van der Waals surface area contributed by atoms with Crippen molar-refractivity contribution in [3.8, 4) is 5.75 Å². The molecule has 1 N–H and O–H groups in total. The SMILES string of the molecule is CC(C)Oc1ccc(C(O)=C2C(=O)C(=O)N(CCCn3ccnc3)[C@H]2c2cccc([N+](=O)[O-])c2)cc1. The van der Waals surface area contributed by atoms with Crippen LogP contribution in [0.5, 0.6) is 5.75 Å². The van der Waals surface area contributed by atoms with E-state index < -0.39 is 22.7 Å². The van der Waals surface area contributed by atoms with Crippen molar-refractivity contribution in [2.45, 2.75) is 39.0 Å². The van der Waals surface area contributed by atoms with Crippen LogP contribution in [0.25, 0.3) is 5.76 Å². The summed E-state index contributed by atoms with van der Waals surface area (Å²) in [5, 5.41) is 22.6. The number of Topliss-reactive ketones (excluding diaryl/α,β-unsaturated/α-hetero) is 1. The van der Waals surface area contributed by atoms with Crippen LogP contribution in [-0.2, 0) is 16.1 Å². The number of aryl methyl sites for hydroxylation is 1. The maximum absolute atomic E-state index is 13.2. The predicted molar refractivity (Wildman–Crippen MR) is 131 cm³/mol. The second kappa shape index (κ2) is 10.4. The first-order chi connectivity index (χ1) is 17.3. The summed E-state index contributed by atoms with van der Waals surface area (Å²) in [6.07, 6.45) is 5.56. The van der Waals surface area contributed by atoms with Crippen molar-refractivity contribution in [3.63, 3.8) is 0 Å². The molecular weight excluding hydrogens is 464 g/mol. The molecule has 36 heavy (non-hydrogen) atoms. The Morgan fingerprint density at radius 3 is 2.56 bits per heavy atom. The van der Waals surface area contributed by atoms with E-state index in [1.807, 2.05) is 18.4 Å². The molecule has 10 heteroatoms. The van der Waals surface area contributed by atoms with Crippen molar-refractivity contribution in [2.75, 3.05) is 6.54 Å². The Morgan fingerprint density at radius 1 is 1.17 bits per heavy atom. The minimum Gasteiger partial charge on any atom is -0.507 e. The number of carbonyl (C=O) groups excluding carboxylic acids is 2. The van der Waals surface area contributed by atoms with Crippen molar-refractivity contribution < 1.29 is 24.4 Å². The number of hydrogen-bond donors (Lipinski definition) is 1. The Balaban J connectivity index is 1.73. The number of likely N-dealkylation sites (tertiary alicyclic amines) is 1. The highest BCUT2D eigenvalue weighted by atomic mass is 16.6. The van der Waals surface area contributed by atoms with E-state index in [1.54, 1.807) is 49.1 Å². The Labute approximate surface area is 207 Å². The van der Waals surface area contributed by atoms with E-state index >= 15 is 0 Å². The van der Waals surface area contributed by atoms with Crippen LogP contribution in [0.3, 0.4) is 0 Å². The van der Waals surface area contributed by atoms with Crippen LogP contribution in [0.15, 0.2) is 72.8 Å². The van der Waals surface area contributed by atoms with Gasteiger partial charge in [0.15, 0.2) is 0 Å². The van der Waals surface area contributed by atoms with Gasteiger partial charge in [0.1, 0.15) is 11.5 Å². The minimum atomic E-state index is -0.973. The number of carbonyl (C=O) groups is 2. The van der Waals surface area contributed by atoms with Crippen LogP contribution in [0, 0.1) is 10.1 Å². The topological polar surface area (TPSA) is 128 Å². The first kappa shape index (κ1) is 24.6. The summed E-state index contributed by atoms with van der Waals surface area (Å²) in [7, 11) is 0. The molecular formula is C26H26N4O6. The van der Waals surface area contributed by atoms with E-state index in [0.717, 1.165) is 0 Å². The number of imidazole rings is 1. The van der Waals surface area contributed by atoms with Crippen LogP contribution < -0.4 is 4.74 Å². The van der Waals surface area contributed by atoms with Crippen molar-refractivity contribution >= 4 is 23.1 Å². The number of nitro groups is 1. The molecule has 0 spiro atoms. The number of amides is 1. The molecule has 2 aromatic carbocycles. The van der Waals surface area contributed by atoms with Gasteiger partial charge in [-0.1, -0.05) is 12.1 Å². The molecule has 0 aliphatic carbocycles. The first-order valence-corrected chi connectivity index (χ1v) is 11.5. The molecule has 1 atom stereocenters. The lowest BCUT2D eigenvalue weighted by Gasteiger charge is -2.25. The molecule has 3 aromatic rings. The van der Waals surface area contributed by atoms with Crippen molar-refractivity contribution in [2.24, 2.45) is 0 Å². The van der Waals surface area contributed by atoms with Gasteiger partial charge in [0.05, 0.1) is 29.0 Å². The normalized spacial score (nSPS) is 17.1. The van der Waals surface area contributed by atoms with Gasteiger partial charge in [-0.2, -0.15) is 0 Å². The zero-order valence-electron chi connectivity index (χ0n) is 19.9. The van der Waals surface area contributed by atoms with Gasteiger partial charge >= 0.3 is 0 Å². The number of aliphatic hydroxyl groups is 1. The molecule has 1 amide bonds. The second-order valence-electron chi connectivity index (χ2n) is 8.69. The number of hydrogen-bond acceptors (Lipinski definition) is 7. The molecule has 0 unspecified atom stereocenters. The Bertz CT molecular complexity index is 1300. The summed E-state index contributed by atoms with van der Waals surface area (Å²) in [5.41, 5.74) is 0.414. The lowest BCUT2D eigenvalue weighted by molar-refractivity contribution is -0.384. The molecule has 1 aliphatic rings. The summed E-state index contributed by atoms with van der Waals surface area (Å²) in [5.74, 6) is -1.36. The van der Waals surface area contributed by atoms with Gasteiger partial charge in [-0.25, -0.2) is 4.98 Å². The largest absolute Gasteiger partial charge is 0.507 e. The fraction of sp³-hybridized carbons (Fsp3) is 0.269. The summed E-state index contributed by atoms with van der Waals surface area (Å²) in [6.45, 7) is 4.54. The second-order valence-corrected chi connectivity index (χ2v) is 8.69. The van der Waals surface area contributed by atoms with Crippen LogP contribution >= 0.6 is 0 Å². The Hall–Kier alpha value is -4.47. The van der Waals surface area contributed by atoms with Crippen LogP contribution in [0.4, 0.5) is 5.69 Å². The van der Waals surface area contributed by atoms with Crippen LogP contribution in [-0.4, -0.2) is 48.8 Å². The molecule has 0 bridgehead atoms. The average Bonchev–Trinajstić information content (AvgIpc) is 3.46. The number of benzene rings is 2. The van der Waals surface area contributed by atoms with Crippen molar-refractivity contribution in [1.29, 1.82) is 0 Å². The zero-order valence-corrected chi connectivity index (χ0v) is 19.9. The monoisotopic (exact) mass is 490 g/mol. The molecule has 186 valence electrons. The highest BCUT2D eigenvalue weighted by molar-refractivity contribution is 6.46. The van der Waals surface area contributed by atoms with E-state index in [-0.39, 0.29) is 29.7 Å². The van der Waals surface area contributed by atoms with Gasteiger partial charge in [-0.15, -0.1) is 0 Å². The zero-order chi connectivity index (χ0) is 25.8. The maximum Gasteiger partial charge on any atom is 0.295 e. The van der Waals surface area contributed by atoms with Gasteiger partial charge in [-0.3, -0.25) is 19.7 Å². The minimum absolute atomic E-state index is 0.0361. The highest BCUT2D eigenvalue weighted by Crippen LogP contribution is 2.40. The van der Waals surface area contributed by atoms with E-state index in [0.29, 0.717) is 29.8 Å². The quantitative estimate of drug-likeness (QED) is 0.157. The molecule has 1 saturated heterocycles. The van der Waals surface area contributed by atoms with E-state index in [9.17, 15) is 24.8 Å². The van der Waals surface area contributed by atoms with Crippen molar-refractivity contribution in [3.05, 3.63) is 94.1 Å². The number of non-ortho nitro benzene ring substituents is 1. The summed E-state index contributed by atoms with van der Waals surface area (Å²) in [6, 6.07) is 11.3. The summed E-state index contributed by atoms with van der Waals surface area (Å²) < 4.78 is 7.48. The van der Waals surface area contributed by atoms with Crippen molar-refractivity contribution in [1.82, 2.24) is 14.5 Å². The summed E-state index contributed by atoms with van der Waals surface area (Å²) >= 11 is 0. The highest BCUT2D eigenvalue weighted by Gasteiger charge is 2.46. The van der Waals surface area contributed by atoms with E-state index in [1.165, 1.54) is 23.1 Å². The standard InChI is InChI=1S/C26H26N4O6/c1-17(2)36-21-9-7-18(8-10-21)24(31)22-23(19-5-3-6-20(15-19)30(34)35)29(26(33)25(22)32)13-4-12-28-14-11-27-16-28/h3,5-11,14-17,23,31H,4,12-13H2,1-2H3/t23-/m0/s1. The molecule has 1 aliphatic heterocycles. The van der Waals surface area contributed by atoms with Gasteiger partial charge in [-0.05, 0) is 50.1 Å². The fourth-order valence-corrected chi connectivity index (χ4v) is 4.23. The molecule has 2 heterocycles. The number of nitrogens with zero attached hydrogens (tertiary/aromatic N) is 4. The number of aromatic nitrogens is 2. The molecule has 0 radical (unpaired) electrons. The number of ether oxygens (including phenoxy) is 1. The predicted octanol–water partition coefficient (Wildman–Crippen LogP) is 4.09. The molecule has 4 rings (SSSR count). The Kier molecular flexibility index (Phi) is 7.14. The smallest absolute Gasteiger partial charge is 0.295 e. The van der Waals surface area contributed by atoms with E-state index in [2.05, 4.69) is 4.98 Å². The van der Waals surface area contributed by atoms with Crippen LogP contribution in [0.2, 0.25) is 0 Å². The average molecular weight is 491 g/mol. The number of rotatable bonds is 9. The lowest BCUT2D eigenvalue weighted by Crippen LogP contribution is -2.31. The lowest BCUT2D eigenvalue weighted by atomic mass is 9.95. The number of ketones is 1. The first-order valence-electron chi connectivity index (χ1n) is 11.5. The number of nitro benzene ring substituents is 1. The fourth-order valence-electron chi connectivity index (χ4n) is 4.23. The third kappa shape index (κ3) is 5.12. The molecule has 0 saturated carbocycles.